The van der Waals surface area contributed by atoms with E-state index in [0.29, 0.717) is 17.7 Å². The summed E-state index contributed by atoms with van der Waals surface area (Å²) in [6.07, 6.45) is 0.518. The van der Waals surface area contributed by atoms with Crippen molar-refractivity contribution in [3.63, 3.8) is 0 Å². The minimum atomic E-state index is -0.362. The Bertz CT molecular complexity index is 922. The van der Waals surface area contributed by atoms with Gasteiger partial charge in [0, 0.05) is 5.69 Å². The van der Waals surface area contributed by atoms with E-state index in [0.717, 1.165) is 11.3 Å². The van der Waals surface area contributed by atoms with E-state index in [4.69, 9.17) is 5.26 Å². The van der Waals surface area contributed by atoms with Crippen molar-refractivity contribution in [2.75, 3.05) is 10.6 Å². The monoisotopic (exact) mass is 361 g/mol. The van der Waals surface area contributed by atoms with Crippen molar-refractivity contribution in [2.24, 2.45) is 11.8 Å². The lowest BCUT2D eigenvalue weighted by molar-refractivity contribution is -0.122. The average molecular weight is 361 g/mol. The van der Waals surface area contributed by atoms with Gasteiger partial charge >= 0.3 is 0 Å². The molecule has 1 aliphatic carbocycles. The first kappa shape index (κ1) is 18.7. The predicted molar refractivity (Wildman–Crippen MR) is 105 cm³/mol. The standard InChI is InChI=1S/C22H23N3O2/c1-22(2,3)17-9-5-7-11-19(17)25-21(27)16-12-15(16)20(26)24-18-10-6-4-8-14(18)13-23/h4-11,15-16H,12H2,1-3H3,(H,24,26)(H,25,27). The zero-order chi connectivity index (χ0) is 19.6. The minimum Gasteiger partial charge on any atom is -0.326 e. The van der Waals surface area contributed by atoms with Crippen LogP contribution in [0.1, 0.15) is 38.3 Å². The fourth-order valence-corrected chi connectivity index (χ4v) is 3.16. The van der Waals surface area contributed by atoms with Gasteiger partial charge in [0.15, 0.2) is 0 Å². The Labute approximate surface area is 159 Å². The van der Waals surface area contributed by atoms with E-state index in [9.17, 15) is 9.59 Å². The van der Waals surface area contributed by atoms with Crippen LogP contribution < -0.4 is 10.6 Å². The second-order valence-corrected chi connectivity index (χ2v) is 7.88. The zero-order valence-corrected chi connectivity index (χ0v) is 15.7. The molecule has 1 saturated carbocycles. The molecule has 0 bridgehead atoms. The van der Waals surface area contributed by atoms with Gasteiger partial charge in [-0.2, -0.15) is 5.26 Å². The highest BCUT2D eigenvalue weighted by atomic mass is 16.2. The largest absolute Gasteiger partial charge is 0.326 e. The van der Waals surface area contributed by atoms with Gasteiger partial charge in [-0.1, -0.05) is 51.1 Å². The number of hydrogen-bond donors (Lipinski definition) is 2. The van der Waals surface area contributed by atoms with Crippen molar-refractivity contribution in [1.82, 2.24) is 0 Å². The molecular weight excluding hydrogens is 338 g/mol. The first-order valence-electron chi connectivity index (χ1n) is 9.01. The van der Waals surface area contributed by atoms with Crippen molar-refractivity contribution in [2.45, 2.75) is 32.6 Å². The van der Waals surface area contributed by atoms with E-state index in [1.807, 2.05) is 24.3 Å². The third-order valence-corrected chi connectivity index (χ3v) is 4.76. The topological polar surface area (TPSA) is 82.0 Å². The number of benzene rings is 2. The summed E-state index contributed by atoms with van der Waals surface area (Å²) in [6, 6.07) is 16.6. The van der Waals surface area contributed by atoms with Crippen molar-refractivity contribution in [1.29, 1.82) is 5.26 Å². The molecule has 2 atom stereocenters. The maximum atomic E-state index is 12.6. The molecule has 2 amide bonds. The molecule has 0 radical (unpaired) electrons. The highest BCUT2D eigenvalue weighted by molar-refractivity contribution is 6.03. The Kier molecular flexibility index (Phi) is 5.00. The fourth-order valence-electron chi connectivity index (χ4n) is 3.16. The maximum absolute atomic E-state index is 12.6. The maximum Gasteiger partial charge on any atom is 0.228 e. The SMILES string of the molecule is CC(C)(C)c1ccccc1NC(=O)C1CC1C(=O)Nc1ccccc1C#N. The molecule has 0 aliphatic heterocycles. The fraction of sp³-hybridized carbons (Fsp3) is 0.318. The summed E-state index contributed by atoms with van der Waals surface area (Å²) < 4.78 is 0. The summed E-state index contributed by atoms with van der Waals surface area (Å²) in [7, 11) is 0. The van der Waals surface area contributed by atoms with Gasteiger partial charge in [-0.05, 0) is 35.6 Å². The highest BCUT2D eigenvalue weighted by Gasteiger charge is 2.48. The number of amides is 2. The first-order chi connectivity index (χ1) is 12.8. The molecule has 2 aromatic carbocycles. The van der Waals surface area contributed by atoms with E-state index < -0.39 is 0 Å². The predicted octanol–water partition coefficient (Wildman–Crippen LogP) is 4.07. The highest BCUT2D eigenvalue weighted by Crippen LogP contribution is 2.41. The van der Waals surface area contributed by atoms with Gasteiger partial charge in [0.1, 0.15) is 6.07 Å². The average Bonchev–Trinajstić information content (AvgIpc) is 3.43. The van der Waals surface area contributed by atoms with Crippen LogP contribution in [0.2, 0.25) is 0 Å². The van der Waals surface area contributed by atoms with Crippen LogP contribution >= 0.6 is 0 Å². The normalized spacial score (nSPS) is 18.3. The number of rotatable bonds is 4. The summed E-state index contributed by atoms with van der Waals surface area (Å²) in [5, 5.41) is 14.9. The van der Waals surface area contributed by atoms with Crippen LogP contribution in [0.3, 0.4) is 0 Å². The van der Waals surface area contributed by atoms with Crippen LogP contribution in [0.15, 0.2) is 48.5 Å². The van der Waals surface area contributed by atoms with Gasteiger partial charge in [-0.3, -0.25) is 9.59 Å². The van der Waals surface area contributed by atoms with Crippen molar-refractivity contribution >= 4 is 23.2 Å². The molecular formula is C22H23N3O2. The van der Waals surface area contributed by atoms with E-state index >= 15 is 0 Å². The second-order valence-electron chi connectivity index (χ2n) is 7.88. The molecule has 3 rings (SSSR count). The molecule has 0 spiro atoms. The summed E-state index contributed by atoms with van der Waals surface area (Å²) >= 11 is 0. The number of para-hydroxylation sites is 2. The van der Waals surface area contributed by atoms with Gasteiger partial charge < -0.3 is 10.6 Å². The number of carbonyl (C=O) groups excluding carboxylic acids is 2. The number of nitriles is 1. The third-order valence-electron chi connectivity index (χ3n) is 4.76. The number of nitrogens with zero attached hydrogens (tertiary/aromatic N) is 1. The molecule has 0 heterocycles. The third kappa shape index (κ3) is 4.17. The molecule has 5 nitrogen and oxygen atoms in total. The summed E-state index contributed by atoms with van der Waals surface area (Å²) in [5.74, 6) is -1.06. The Morgan fingerprint density at radius 3 is 2.04 bits per heavy atom. The molecule has 0 aromatic heterocycles. The molecule has 138 valence electrons. The minimum absolute atomic E-state index is 0.0921. The van der Waals surface area contributed by atoms with Gasteiger partial charge in [0.25, 0.3) is 0 Å². The zero-order valence-electron chi connectivity index (χ0n) is 15.7. The smallest absolute Gasteiger partial charge is 0.228 e. The van der Waals surface area contributed by atoms with Crippen molar-refractivity contribution in [3.8, 4) is 6.07 Å². The quantitative estimate of drug-likeness (QED) is 0.861. The van der Waals surface area contributed by atoms with Crippen LogP contribution in [0.25, 0.3) is 0 Å². The molecule has 1 fully saturated rings. The molecule has 5 heteroatoms. The summed E-state index contributed by atoms with van der Waals surface area (Å²) in [5.41, 5.74) is 2.64. The molecule has 2 unspecified atom stereocenters. The molecule has 2 aromatic rings. The van der Waals surface area contributed by atoms with Gasteiger partial charge in [0.05, 0.1) is 23.1 Å². The Morgan fingerprint density at radius 1 is 0.926 bits per heavy atom. The number of anilines is 2. The van der Waals surface area contributed by atoms with Gasteiger partial charge in [0.2, 0.25) is 11.8 Å². The second kappa shape index (κ2) is 7.24. The number of nitrogens with one attached hydrogen (secondary N) is 2. The summed E-state index contributed by atoms with van der Waals surface area (Å²) in [4.78, 5) is 25.0. The van der Waals surface area contributed by atoms with Crippen LogP contribution in [0, 0.1) is 23.2 Å². The van der Waals surface area contributed by atoms with E-state index in [1.165, 1.54) is 0 Å². The summed E-state index contributed by atoms with van der Waals surface area (Å²) in [6.45, 7) is 6.29. The van der Waals surface area contributed by atoms with Crippen LogP contribution in [-0.2, 0) is 15.0 Å². The van der Waals surface area contributed by atoms with Gasteiger partial charge in [-0.15, -0.1) is 0 Å². The van der Waals surface area contributed by atoms with Crippen LogP contribution in [-0.4, -0.2) is 11.8 Å². The Balaban J connectivity index is 1.65. The molecule has 1 aliphatic rings. The number of hydrogen-bond acceptors (Lipinski definition) is 3. The van der Waals surface area contributed by atoms with Gasteiger partial charge in [-0.25, -0.2) is 0 Å². The van der Waals surface area contributed by atoms with Crippen LogP contribution in [0.5, 0.6) is 0 Å². The van der Waals surface area contributed by atoms with Crippen LogP contribution in [0.4, 0.5) is 11.4 Å². The van der Waals surface area contributed by atoms with E-state index in [1.54, 1.807) is 24.3 Å². The molecule has 27 heavy (non-hydrogen) atoms. The lowest BCUT2D eigenvalue weighted by Crippen LogP contribution is -2.23. The van der Waals surface area contributed by atoms with E-state index in [-0.39, 0.29) is 29.1 Å². The van der Waals surface area contributed by atoms with E-state index in [2.05, 4.69) is 37.5 Å². The lowest BCUT2D eigenvalue weighted by Gasteiger charge is -2.23. The Morgan fingerprint density at radius 2 is 1.44 bits per heavy atom. The number of carbonyl (C=O) groups is 2. The lowest BCUT2D eigenvalue weighted by atomic mass is 9.86. The van der Waals surface area contributed by atoms with Crippen molar-refractivity contribution < 1.29 is 9.59 Å². The Hall–Kier alpha value is -3.13. The van der Waals surface area contributed by atoms with Crippen molar-refractivity contribution in [3.05, 3.63) is 59.7 Å². The molecule has 2 N–H and O–H groups in total. The first-order valence-corrected chi connectivity index (χ1v) is 9.01. The molecule has 0 saturated heterocycles.